The first kappa shape index (κ1) is 13.3. The molecule has 0 aliphatic carbocycles. The van der Waals surface area contributed by atoms with Gasteiger partial charge in [0.2, 0.25) is 0 Å². The molecule has 0 aliphatic heterocycles. The molecule has 0 bridgehead atoms. The van der Waals surface area contributed by atoms with Gasteiger partial charge >= 0.3 is 5.97 Å². The fraction of sp³-hybridized carbons (Fsp3) is 0.0769. The zero-order valence-electron chi connectivity index (χ0n) is 9.85. The number of benzene rings is 1. The Morgan fingerprint density at radius 2 is 2.16 bits per heavy atom. The van der Waals surface area contributed by atoms with Gasteiger partial charge in [0, 0.05) is 17.3 Å². The van der Waals surface area contributed by atoms with Gasteiger partial charge in [-0.15, -0.1) is 0 Å². The van der Waals surface area contributed by atoms with Crippen molar-refractivity contribution >= 4 is 17.6 Å². The SMILES string of the molecule is COc1ccc(F)c(-c2cnc(Cl)c(C(=O)O)c2)c1. The number of nitrogens with zero attached hydrogens (tertiary/aromatic N) is 1. The van der Waals surface area contributed by atoms with Crippen LogP contribution < -0.4 is 4.74 Å². The summed E-state index contributed by atoms with van der Waals surface area (Å²) in [5.41, 5.74) is 0.339. The average Bonchev–Trinajstić information content (AvgIpc) is 2.40. The average molecular weight is 282 g/mol. The van der Waals surface area contributed by atoms with Gasteiger partial charge in [0.15, 0.2) is 0 Å². The molecule has 1 aromatic carbocycles. The van der Waals surface area contributed by atoms with Crippen molar-refractivity contribution in [3.05, 3.63) is 47.0 Å². The lowest BCUT2D eigenvalue weighted by Crippen LogP contribution is -2.00. The fourth-order valence-electron chi connectivity index (χ4n) is 1.60. The molecule has 0 aliphatic rings. The van der Waals surface area contributed by atoms with Gasteiger partial charge in [-0.3, -0.25) is 0 Å². The van der Waals surface area contributed by atoms with E-state index < -0.39 is 11.8 Å². The van der Waals surface area contributed by atoms with Crippen LogP contribution >= 0.6 is 11.6 Å². The minimum Gasteiger partial charge on any atom is -0.497 e. The lowest BCUT2D eigenvalue weighted by atomic mass is 10.1. The molecule has 1 heterocycles. The predicted octanol–water partition coefficient (Wildman–Crippen LogP) is 3.25. The number of halogens is 2. The van der Waals surface area contributed by atoms with Crippen molar-refractivity contribution in [2.24, 2.45) is 0 Å². The van der Waals surface area contributed by atoms with Crippen LogP contribution in [0, 0.1) is 5.82 Å². The van der Waals surface area contributed by atoms with E-state index in [4.69, 9.17) is 21.4 Å². The number of carboxylic acid groups (broad SMARTS) is 1. The Morgan fingerprint density at radius 3 is 2.79 bits per heavy atom. The third kappa shape index (κ3) is 2.66. The normalized spacial score (nSPS) is 10.3. The number of rotatable bonds is 3. The third-order valence-electron chi connectivity index (χ3n) is 2.55. The molecular weight excluding hydrogens is 273 g/mol. The second kappa shape index (κ2) is 5.24. The Balaban J connectivity index is 2.59. The Bertz CT molecular complexity index is 646. The highest BCUT2D eigenvalue weighted by Crippen LogP contribution is 2.28. The number of carboxylic acids is 1. The molecule has 0 unspecified atom stereocenters. The molecule has 19 heavy (non-hydrogen) atoms. The number of hydrogen-bond donors (Lipinski definition) is 1. The summed E-state index contributed by atoms with van der Waals surface area (Å²) in [7, 11) is 1.46. The number of carbonyl (C=O) groups is 1. The topological polar surface area (TPSA) is 59.4 Å². The van der Waals surface area contributed by atoms with E-state index in [-0.39, 0.29) is 16.3 Å². The Labute approximate surface area is 113 Å². The van der Waals surface area contributed by atoms with Gasteiger partial charge in [-0.1, -0.05) is 11.6 Å². The van der Waals surface area contributed by atoms with Crippen LogP contribution in [0.1, 0.15) is 10.4 Å². The van der Waals surface area contributed by atoms with Crippen LogP contribution in [0.25, 0.3) is 11.1 Å². The van der Waals surface area contributed by atoms with E-state index in [1.54, 1.807) is 0 Å². The number of aromatic nitrogens is 1. The highest BCUT2D eigenvalue weighted by Gasteiger charge is 2.14. The second-order valence-corrected chi connectivity index (χ2v) is 4.07. The molecule has 2 aromatic rings. The maximum Gasteiger partial charge on any atom is 0.338 e. The van der Waals surface area contributed by atoms with Crippen molar-refractivity contribution in [3.63, 3.8) is 0 Å². The van der Waals surface area contributed by atoms with Gasteiger partial charge in [-0.05, 0) is 24.3 Å². The van der Waals surface area contributed by atoms with E-state index in [0.717, 1.165) is 0 Å². The summed E-state index contributed by atoms with van der Waals surface area (Å²) in [6, 6.07) is 5.45. The van der Waals surface area contributed by atoms with E-state index in [2.05, 4.69) is 4.98 Å². The lowest BCUT2D eigenvalue weighted by Gasteiger charge is -2.07. The summed E-state index contributed by atoms with van der Waals surface area (Å²) in [5, 5.41) is 8.82. The van der Waals surface area contributed by atoms with Crippen molar-refractivity contribution < 1.29 is 19.0 Å². The van der Waals surface area contributed by atoms with Crippen LogP contribution in [0.5, 0.6) is 5.75 Å². The number of hydrogen-bond acceptors (Lipinski definition) is 3. The first-order chi connectivity index (χ1) is 9.02. The van der Waals surface area contributed by atoms with Crippen LogP contribution in [0.2, 0.25) is 5.15 Å². The van der Waals surface area contributed by atoms with Crippen molar-refractivity contribution in [2.45, 2.75) is 0 Å². The van der Waals surface area contributed by atoms with Gasteiger partial charge in [-0.25, -0.2) is 14.2 Å². The van der Waals surface area contributed by atoms with Crippen LogP contribution in [0.3, 0.4) is 0 Å². The summed E-state index contributed by atoms with van der Waals surface area (Å²) in [6.07, 6.45) is 1.31. The first-order valence-corrected chi connectivity index (χ1v) is 5.63. The van der Waals surface area contributed by atoms with Crippen LogP contribution in [-0.4, -0.2) is 23.2 Å². The highest BCUT2D eigenvalue weighted by atomic mass is 35.5. The minimum atomic E-state index is -1.22. The molecule has 0 saturated carbocycles. The maximum absolute atomic E-state index is 13.8. The molecule has 0 amide bonds. The number of ether oxygens (including phenoxy) is 1. The van der Waals surface area contributed by atoms with Crippen LogP contribution in [0.4, 0.5) is 4.39 Å². The molecule has 1 N–H and O–H groups in total. The van der Waals surface area contributed by atoms with E-state index in [1.807, 2.05) is 0 Å². The zero-order chi connectivity index (χ0) is 14.0. The third-order valence-corrected chi connectivity index (χ3v) is 2.86. The van der Waals surface area contributed by atoms with Gasteiger partial charge in [-0.2, -0.15) is 0 Å². The van der Waals surface area contributed by atoms with Crippen LogP contribution in [0.15, 0.2) is 30.5 Å². The predicted molar refractivity (Wildman–Crippen MR) is 68.2 cm³/mol. The maximum atomic E-state index is 13.8. The second-order valence-electron chi connectivity index (χ2n) is 3.71. The van der Waals surface area contributed by atoms with Gasteiger partial charge < -0.3 is 9.84 Å². The lowest BCUT2D eigenvalue weighted by molar-refractivity contribution is 0.0696. The minimum absolute atomic E-state index is 0.139. The molecule has 4 nitrogen and oxygen atoms in total. The number of methoxy groups -OCH3 is 1. The summed E-state index contributed by atoms with van der Waals surface area (Å²) in [5.74, 6) is -1.26. The Morgan fingerprint density at radius 1 is 1.42 bits per heavy atom. The summed E-state index contributed by atoms with van der Waals surface area (Å²) >= 11 is 5.67. The Kier molecular flexibility index (Phi) is 3.66. The molecule has 0 fully saturated rings. The van der Waals surface area contributed by atoms with E-state index in [9.17, 15) is 9.18 Å². The summed E-state index contributed by atoms with van der Waals surface area (Å²) < 4.78 is 18.8. The molecule has 0 saturated heterocycles. The molecule has 6 heteroatoms. The standard InChI is InChI=1S/C13H9ClFNO3/c1-19-8-2-3-11(15)9(5-8)7-4-10(13(17)18)12(14)16-6-7/h2-6H,1H3,(H,17,18). The van der Waals surface area contributed by atoms with Crippen LogP contribution in [-0.2, 0) is 0 Å². The highest BCUT2D eigenvalue weighted by molar-refractivity contribution is 6.32. The molecule has 0 radical (unpaired) electrons. The largest absolute Gasteiger partial charge is 0.497 e. The zero-order valence-corrected chi connectivity index (χ0v) is 10.6. The monoisotopic (exact) mass is 281 g/mol. The quantitative estimate of drug-likeness (QED) is 0.878. The van der Waals surface area contributed by atoms with E-state index >= 15 is 0 Å². The van der Waals surface area contributed by atoms with Crippen molar-refractivity contribution in [1.29, 1.82) is 0 Å². The van der Waals surface area contributed by atoms with E-state index in [1.165, 1.54) is 37.6 Å². The fourth-order valence-corrected chi connectivity index (χ4v) is 1.78. The van der Waals surface area contributed by atoms with Crippen molar-refractivity contribution in [2.75, 3.05) is 7.11 Å². The van der Waals surface area contributed by atoms with Crippen molar-refractivity contribution in [1.82, 2.24) is 4.98 Å². The van der Waals surface area contributed by atoms with E-state index in [0.29, 0.717) is 11.3 Å². The number of aromatic carboxylic acids is 1. The first-order valence-electron chi connectivity index (χ1n) is 5.25. The molecule has 0 spiro atoms. The number of pyridine rings is 1. The molecule has 1 aromatic heterocycles. The molecule has 98 valence electrons. The van der Waals surface area contributed by atoms with Gasteiger partial charge in [0.05, 0.1) is 12.7 Å². The Hall–Kier alpha value is -2.14. The van der Waals surface area contributed by atoms with Gasteiger partial charge in [0.25, 0.3) is 0 Å². The van der Waals surface area contributed by atoms with Crippen molar-refractivity contribution in [3.8, 4) is 16.9 Å². The molecular formula is C13H9ClFNO3. The summed E-state index contributed by atoms with van der Waals surface area (Å²) in [6.45, 7) is 0. The smallest absolute Gasteiger partial charge is 0.338 e. The molecule has 2 rings (SSSR count). The van der Waals surface area contributed by atoms with Gasteiger partial charge in [0.1, 0.15) is 16.7 Å². The summed E-state index contributed by atoms with van der Waals surface area (Å²) in [4.78, 5) is 14.7. The molecule has 0 atom stereocenters.